The highest BCUT2D eigenvalue weighted by Crippen LogP contribution is 2.67. The lowest BCUT2D eigenvalue weighted by Crippen LogP contribution is -2.62. The third-order valence-corrected chi connectivity index (χ3v) is 5.61. The number of fused-ring (bicyclic) bond motifs is 2. The number of nitriles is 3. The van der Waals surface area contributed by atoms with Crippen molar-refractivity contribution in [1.29, 1.82) is 21.2 Å². The number of benzene rings is 1. The van der Waals surface area contributed by atoms with Gasteiger partial charge in [0.2, 0.25) is 11.7 Å². The minimum atomic E-state index is -1.91. The topological polar surface area (TPSA) is 123 Å². The molecule has 2 fully saturated rings. The van der Waals surface area contributed by atoms with Crippen molar-refractivity contribution in [3.8, 4) is 24.0 Å². The summed E-state index contributed by atoms with van der Waals surface area (Å²) in [5.41, 5.74) is -3.18. The molecule has 0 amide bonds. The first-order valence-corrected chi connectivity index (χ1v) is 8.60. The zero-order chi connectivity index (χ0) is 20.0. The molecule has 2 aliphatic heterocycles. The molecular formula is C20H20N4O3. The van der Waals surface area contributed by atoms with Gasteiger partial charge in [0.1, 0.15) is 5.75 Å². The molecule has 0 radical (unpaired) electrons. The molecule has 3 rings (SSSR count). The second-order valence-electron chi connectivity index (χ2n) is 7.36. The lowest BCUT2D eigenvalue weighted by atomic mass is 9.52. The van der Waals surface area contributed by atoms with Crippen LogP contribution in [0.2, 0.25) is 0 Å². The summed E-state index contributed by atoms with van der Waals surface area (Å²) in [4.78, 5) is 0. The molecule has 0 aliphatic carbocycles. The molecular weight excluding hydrogens is 344 g/mol. The Kier molecular flexibility index (Phi) is 4.14. The van der Waals surface area contributed by atoms with E-state index in [-0.39, 0.29) is 5.92 Å². The molecule has 4 unspecified atom stereocenters. The SMILES string of the molecule is COc1ccccc1C1C2(C)OC(=N)C1(C#N)C(C#N)(C#N)C(C(C)C)O2. The van der Waals surface area contributed by atoms with Crippen LogP contribution in [0.4, 0.5) is 0 Å². The van der Waals surface area contributed by atoms with Gasteiger partial charge in [0.05, 0.1) is 37.3 Å². The predicted molar refractivity (Wildman–Crippen MR) is 94.4 cm³/mol. The van der Waals surface area contributed by atoms with Crippen LogP contribution in [0.15, 0.2) is 24.3 Å². The highest BCUT2D eigenvalue weighted by Gasteiger charge is 2.80. The lowest BCUT2D eigenvalue weighted by molar-refractivity contribution is -0.260. The second-order valence-corrected chi connectivity index (χ2v) is 7.36. The quantitative estimate of drug-likeness (QED) is 0.879. The van der Waals surface area contributed by atoms with Gasteiger partial charge in [-0.2, -0.15) is 15.8 Å². The molecule has 27 heavy (non-hydrogen) atoms. The van der Waals surface area contributed by atoms with Crippen LogP contribution < -0.4 is 4.74 Å². The van der Waals surface area contributed by atoms with Gasteiger partial charge in [-0.05, 0) is 12.0 Å². The van der Waals surface area contributed by atoms with Gasteiger partial charge in [-0.25, -0.2) is 0 Å². The molecule has 1 aromatic carbocycles. The largest absolute Gasteiger partial charge is 0.496 e. The molecule has 1 N–H and O–H groups in total. The third kappa shape index (κ3) is 2.05. The summed E-state index contributed by atoms with van der Waals surface area (Å²) in [7, 11) is 1.50. The average Bonchev–Trinajstić information content (AvgIpc) is 2.84. The molecule has 1 aromatic rings. The Morgan fingerprint density at radius 2 is 1.78 bits per heavy atom. The third-order valence-electron chi connectivity index (χ3n) is 5.61. The van der Waals surface area contributed by atoms with Gasteiger partial charge < -0.3 is 14.2 Å². The van der Waals surface area contributed by atoms with Crippen molar-refractivity contribution >= 4 is 5.90 Å². The van der Waals surface area contributed by atoms with Crippen LogP contribution in [0.3, 0.4) is 0 Å². The van der Waals surface area contributed by atoms with E-state index in [1.807, 2.05) is 26.0 Å². The van der Waals surface area contributed by atoms with Crippen molar-refractivity contribution in [2.24, 2.45) is 16.7 Å². The van der Waals surface area contributed by atoms with Crippen molar-refractivity contribution in [1.82, 2.24) is 0 Å². The second kappa shape index (κ2) is 5.98. The summed E-state index contributed by atoms with van der Waals surface area (Å²) >= 11 is 0. The Morgan fingerprint density at radius 3 is 2.30 bits per heavy atom. The van der Waals surface area contributed by atoms with E-state index in [0.29, 0.717) is 11.3 Å². The van der Waals surface area contributed by atoms with E-state index in [4.69, 9.17) is 19.6 Å². The Labute approximate surface area is 158 Å². The minimum absolute atomic E-state index is 0.246. The number of hydrogen-bond acceptors (Lipinski definition) is 7. The van der Waals surface area contributed by atoms with Crippen molar-refractivity contribution in [3.05, 3.63) is 29.8 Å². The zero-order valence-electron chi connectivity index (χ0n) is 15.6. The zero-order valence-corrected chi connectivity index (χ0v) is 15.6. The fourth-order valence-electron chi connectivity index (χ4n) is 4.52. The average molecular weight is 364 g/mol. The smallest absolute Gasteiger partial charge is 0.218 e. The fourth-order valence-corrected chi connectivity index (χ4v) is 4.52. The van der Waals surface area contributed by atoms with Gasteiger partial charge in [-0.1, -0.05) is 32.0 Å². The van der Waals surface area contributed by atoms with E-state index in [0.717, 1.165) is 0 Å². The molecule has 138 valence electrons. The molecule has 0 saturated carbocycles. The maximum atomic E-state index is 10.3. The first-order chi connectivity index (χ1) is 12.8. The van der Waals surface area contributed by atoms with Gasteiger partial charge in [0.25, 0.3) is 0 Å². The Hall–Kier alpha value is -3.08. The highest BCUT2D eigenvalue weighted by molar-refractivity contribution is 5.90. The lowest BCUT2D eigenvalue weighted by Gasteiger charge is -2.50. The van der Waals surface area contributed by atoms with E-state index in [2.05, 4.69) is 6.07 Å². The minimum Gasteiger partial charge on any atom is -0.496 e. The van der Waals surface area contributed by atoms with E-state index in [1.165, 1.54) is 7.11 Å². The number of nitrogens with zero attached hydrogens (tertiary/aromatic N) is 3. The van der Waals surface area contributed by atoms with Gasteiger partial charge in [0.15, 0.2) is 10.8 Å². The number of rotatable bonds is 3. The summed E-state index contributed by atoms with van der Waals surface area (Å²) in [6.45, 7) is 5.27. The Balaban J connectivity index is 2.41. The number of para-hydroxylation sites is 1. The maximum absolute atomic E-state index is 10.3. The van der Waals surface area contributed by atoms with Crippen LogP contribution in [0, 0.1) is 56.2 Å². The number of hydrogen-bond donors (Lipinski definition) is 1. The normalized spacial score (nSPS) is 33.5. The van der Waals surface area contributed by atoms with Crippen LogP contribution in [-0.4, -0.2) is 24.9 Å². The van der Waals surface area contributed by atoms with E-state index in [1.54, 1.807) is 31.2 Å². The van der Waals surface area contributed by atoms with Crippen molar-refractivity contribution in [2.75, 3.05) is 7.11 Å². The van der Waals surface area contributed by atoms with E-state index < -0.39 is 34.5 Å². The Bertz CT molecular complexity index is 908. The van der Waals surface area contributed by atoms with Gasteiger partial charge in [0, 0.05) is 12.5 Å². The van der Waals surface area contributed by atoms with Crippen LogP contribution in [0.5, 0.6) is 5.75 Å². The Morgan fingerprint density at radius 1 is 1.15 bits per heavy atom. The number of ether oxygens (including phenoxy) is 3. The number of methoxy groups -OCH3 is 1. The van der Waals surface area contributed by atoms with Gasteiger partial charge in [-0.15, -0.1) is 0 Å². The molecule has 2 bridgehead atoms. The molecule has 4 atom stereocenters. The molecule has 2 aliphatic rings. The fraction of sp³-hybridized carbons (Fsp3) is 0.500. The highest BCUT2D eigenvalue weighted by atomic mass is 16.7. The molecule has 2 heterocycles. The summed E-state index contributed by atoms with van der Waals surface area (Å²) in [5.74, 6) is -2.46. The standard InChI is InChI=1S/C20H20N4O3/c1-12(2)16-19(9-21,10-22)20(11-23)15(18(3,26-16)27-17(20)24)13-7-5-6-8-14(13)25-4/h5-8,12,15-16,24H,1-4H3. The summed E-state index contributed by atoms with van der Waals surface area (Å²) in [6.07, 6.45) is -0.897. The van der Waals surface area contributed by atoms with Crippen molar-refractivity contribution in [2.45, 2.75) is 38.6 Å². The van der Waals surface area contributed by atoms with Crippen LogP contribution >= 0.6 is 0 Å². The van der Waals surface area contributed by atoms with Crippen LogP contribution in [0.25, 0.3) is 0 Å². The molecule has 7 nitrogen and oxygen atoms in total. The van der Waals surface area contributed by atoms with Crippen LogP contribution in [-0.2, 0) is 9.47 Å². The molecule has 0 aromatic heterocycles. The number of nitrogens with one attached hydrogen (secondary N) is 1. The van der Waals surface area contributed by atoms with E-state index >= 15 is 0 Å². The summed E-state index contributed by atoms with van der Waals surface area (Å²) < 4.78 is 17.4. The molecule has 0 spiro atoms. The monoisotopic (exact) mass is 364 g/mol. The molecule has 2 saturated heterocycles. The first kappa shape index (κ1) is 18.7. The molecule has 7 heteroatoms. The van der Waals surface area contributed by atoms with Gasteiger partial charge in [-0.3, -0.25) is 5.41 Å². The van der Waals surface area contributed by atoms with E-state index in [9.17, 15) is 15.8 Å². The summed E-state index contributed by atoms with van der Waals surface area (Å²) in [6, 6.07) is 13.2. The first-order valence-electron chi connectivity index (χ1n) is 8.60. The van der Waals surface area contributed by atoms with Crippen molar-refractivity contribution < 1.29 is 14.2 Å². The maximum Gasteiger partial charge on any atom is 0.218 e. The van der Waals surface area contributed by atoms with Crippen molar-refractivity contribution in [3.63, 3.8) is 0 Å². The van der Waals surface area contributed by atoms with Gasteiger partial charge >= 0.3 is 0 Å². The van der Waals surface area contributed by atoms with Crippen LogP contribution in [0.1, 0.15) is 32.3 Å². The summed E-state index contributed by atoms with van der Waals surface area (Å²) in [5, 5.41) is 38.9. The predicted octanol–water partition coefficient (Wildman–Crippen LogP) is 3.10.